The zero-order valence-electron chi connectivity index (χ0n) is 18.8. The number of aryl methyl sites for hydroxylation is 1. The highest BCUT2D eigenvalue weighted by Gasteiger charge is 2.36. The van der Waals surface area contributed by atoms with Crippen molar-refractivity contribution in [1.82, 2.24) is 14.5 Å². The van der Waals surface area contributed by atoms with Gasteiger partial charge in [-0.3, -0.25) is 14.3 Å². The van der Waals surface area contributed by atoms with E-state index in [1.807, 2.05) is 0 Å². The molecule has 0 spiro atoms. The Kier molecular flexibility index (Phi) is 5.90. The topological polar surface area (TPSA) is 64.4 Å². The van der Waals surface area contributed by atoms with Crippen LogP contribution in [0.15, 0.2) is 35.1 Å². The van der Waals surface area contributed by atoms with Crippen molar-refractivity contribution in [2.75, 3.05) is 6.54 Å². The van der Waals surface area contributed by atoms with Crippen LogP contribution in [0.1, 0.15) is 51.0 Å². The van der Waals surface area contributed by atoms with E-state index in [-0.39, 0.29) is 21.9 Å². The number of carbonyl (C=O) groups excluding carboxylic acids is 1. The van der Waals surface area contributed by atoms with Gasteiger partial charge in [0.15, 0.2) is 0 Å². The molecule has 0 N–H and O–H groups in total. The number of aromatic nitrogens is 2. The molecule has 1 saturated heterocycles. The van der Waals surface area contributed by atoms with Gasteiger partial charge in [0.1, 0.15) is 23.1 Å². The van der Waals surface area contributed by atoms with Crippen molar-refractivity contribution in [2.24, 2.45) is 0 Å². The van der Waals surface area contributed by atoms with Gasteiger partial charge in [0.2, 0.25) is 0 Å². The molecule has 0 bridgehead atoms. The lowest BCUT2D eigenvalue weighted by molar-refractivity contribution is 0.0216. The summed E-state index contributed by atoms with van der Waals surface area (Å²) in [7, 11) is 0. The van der Waals surface area contributed by atoms with Crippen molar-refractivity contribution >= 4 is 28.6 Å². The lowest BCUT2D eigenvalue weighted by Crippen LogP contribution is -2.38. The normalized spacial score (nSPS) is 16.5. The van der Waals surface area contributed by atoms with Gasteiger partial charge in [-0.2, -0.15) is 0 Å². The molecule has 1 atom stereocenters. The minimum Gasteiger partial charge on any atom is -0.444 e. The second-order valence-electron chi connectivity index (χ2n) is 9.16. The van der Waals surface area contributed by atoms with Crippen LogP contribution in [0.25, 0.3) is 16.6 Å². The Labute approximate surface area is 194 Å². The average molecular weight is 476 g/mol. The van der Waals surface area contributed by atoms with Crippen molar-refractivity contribution in [3.8, 4) is 5.69 Å². The van der Waals surface area contributed by atoms with Crippen LogP contribution in [0.3, 0.4) is 0 Å². The second kappa shape index (κ2) is 8.41. The Morgan fingerprint density at radius 3 is 2.48 bits per heavy atom. The highest BCUT2D eigenvalue weighted by Crippen LogP contribution is 2.34. The predicted molar refractivity (Wildman–Crippen MR) is 122 cm³/mol. The first kappa shape index (κ1) is 23.2. The van der Waals surface area contributed by atoms with Gasteiger partial charge in [-0.25, -0.2) is 18.6 Å². The van der Waals surface area contributed by atoms with Crippen molar-refractivity contribution < 1.29 is 18.3 Å². The minimum absolute atomic E-state index is 0.0319. The van der Waals surface area contributed by atoms with Crippen LogP contribution in [0.2, 0.25) is 5.02 Å². The molecule has 1 aliphatic rings. The number of amides is 1. The molecule has 0 aliphatic carbocycles. The van der Waals surface area contributed by atoms with Gasteiger partial charge in [0.05, 0.1) is 27.7 Å². The summed E-state index contributed by atoms with van der Waals surface area (Å²) in [5.74, 6) is -1.48. The lowest BCUT2D eigenvalue weighted by Gasteiger charge is -2.29. The summed E-state index contributed by atoms with van der Waals surface area (Å²) in [6.07, 6.45) is 0.623. The van der Waals surface area contributed by atoms with Crippen LogP contribution >= 0.6 is 11.6 Å². The first-order chi connectivity index (χ1) is 15.5. The third-order valence-electron chi connectivity index (χ3n) is 5.49. The molecule has 1 aliphatic heterocycles. The number of likely N-dealkylation sites (tertiary alicyclic amines) is 1. The summed E-state index contributed by atoms with van der Waals surface area (Å²) in [6.45, 7) is 7.49. The Balaban J connectivity index is 2.00. The fourth-order valence-electron chi connectivity index (χ4n) is 4.11. The molecule has 2 heterocycles. The second-order valence-corrected chi connectivity index (χ2v) is 9.57. The van der Waals surface area contributed by atoms with E-state index < -0.39 is 34.9 Å². The van der Waals surface area contributed by atoms with E-state index >= 15 is 0 Å². The zero-order valence-corrected chi connectivity index (χ0v) is 19.5. The van der Waals surface area contributed by atoms with Crippen molar-refractivity contribution in [3.05, 3.63) is 68.7 Å². The Bertz CT molecular complexity index is 1300. The molecule has 0 saturated carbocycles. The van der Waals surface area contributed by atoms with Crippen LogP contribution in [-0.4, -0.2) is 32.7 Å². The molecule has 33 heavy (non-hydrogen) atoms. The third kappa shape index (κ3) is 4.44. The van der Waals surface area contributed by atoms with Gasteiger partial charge >= 0.3 is 6.09 Å². The van der Waals surface area contributed by atoms with Crippen LogP contribution in [0, 0.1) is 18.6 Å². The highest BCUT2D eigenvalue weighted by atomic mass is 35.5. The molecule has 0 radical (unpaired) electrons. The minimum atomic E-state index is -0.839. The highest BCUT2D eigenvalue weighted by molar-refractivity contribution is 6.35. The van der Waals surface area contributed by atoms with E-state index in [1.54, 1.807) is 39.8 Å². The molecule has 6 nitrogen and oxygen atoms in total. The van der Waals surface area contributed by atoms with Crippen molar-refractivity contribution in [3.63, 3.8) is 0 Å². The van der Waals surface area contributed by atoms with Crippen molar-refractivity contribution in [2.45, 2.75) is 52.2 Å². The monoisotopic (exact) mass is 475 g/mol. The standard InChI is InChI=1S/C24H24ClF2N3O3/c1-13-7-8-17(25)19-20(13)28-21(18-6-5-9-29(18)23(32)33-24(2,3)4)30(22(19)31)16-11-14(26)10-15(27)12-16/h7-8,10-12,18H,5-6,9H2,1-4H3/t18-/m0/s1. The molecule has 1 amide bonds. The van der Waals surface area contributed by atoms with Gasteiger partial charge in [0, 0.05) is 12.6 Å². The number of rotatable bonds is 2. The molecule has 4 rings (SSSR count). The zero-order chi connectivity index (χ0) is 24.1. The molecular formula is C24H24ClF2N3O3. The maximum atomic E-state index is 14.1. The fourth-order valence-corrected chi connectivity index (χ4v) is 4.35. The molecule has 1 aromatic heterocycles. The quantitative estimate of drug-likeness (QED) is 0.477. The van der Waals surface area contributed by atoms with E-state index in [2.05, 4.69) is 0 Å². The number of halogens is 3. The van der Waals surface area contributed by atoms with Gasteiger partial charge in [-0.05, 0) is 64.3 Å². The average Bonchev–Trinajstić information content (AvgIpc) is 3.18. The first-order valence-corrected chi connectivity index (χ1v) is 11.0. The van der Waals surface area contributed by atoms with Crippen LogP contribution in [0.5, 0.6) is 0 Å². The SMILES string of the molecule is Cc1ccc(Cl)c2c(=O)n(-c3cc(F)cc(F)c3)c([C@@H]3CCCN3C(=O)OC(C)(C)C)nc12. The largest absolute Gasteiger partial charge is 0.444 e. The fraction of sp³-hybridized carbons (Fsp3) is 0.375. The van der Waals surface area contributed by atoms with Gasteiger partial charge in [-0.1, -0.05) is 17.7 Å². The number of hydrogen-bond donors (Lipinski definition) is 0. The predicted octanol–water partition coefficient (Wildman–Crippen LogP) is 5.70. The van der Waals surface area contributed by atoms with E-state index in [0.717, 1.165) is 22.8 Å². The molecule has 174 valence electrons. The van der Waals surface area contributed by atoms with E-state index in [0.29, 0.717) is 30.5 Å². The van der Waals surface area contributed by atoms with E-state index in [9.17, 15) is 18.4 Å². The summed E-state index contributed by atoms with van der Waals surface area (Å²) in [5, 5.41) is 0.326. The number of ether oxygens (including phenoxy) is 1. The van der Waals surface area contributed by atoms with Gasteiger partial charge in [-0.15, -0.1) is 0 Å². The maximum absolute atomic E-state index is 14.1. The van der Waals surface area contributed by atoms with Crippen LogP contribution < -0.4 is 5.56 Å². The van der Waals surface area contributed by atoms with E-state index in [4.69, 9.17) is 21.3 Å². The lowest BCUT2D eigenvalue weighted by atomic mass is 10.1. The van der Waals surface area contributed by atoms with E-state index in [1.165, 1.54) is 4.90 Å². The first-order valence-electron chi connectivity index (χ1n) is 10.6. The molecule has 3 aromatic rings. The molecule has 9 heteroatoms. The van der Waals surface area contributed by atoms with Crippen LogP contribution in [0.4, 0.5) is 13.6 Å². The summed E-state index contributed by atoms with van der Waals surface area (Å²) in [5.41, 5.74) is -0.213. The maximum Gasteiger partial charge on any atom is 0.410 e. The smallest absolute Gasteiger partial charge is 0.410 e. The molecule has 1 fully saturated rings. The molecule has 2 aromatic carbocycles. The van der Waals surface area contributed by atoms with Crippen LogP contribution in [-0.2, 0) is 4.74 Å². The van der Waals surface area contributed by atoms with Gasteiger partial charge < -0.3 is 4.74 Å². The Hall–Kier alpha value is -3.00. The Morgan fingerprint density at radius 1 is 1.18 bits per heavy atom. The molecular weight excluding hydrogens is 452 g/mol. The third-order valence-corrected chi connectivity index (χ3v) is 5.80. The summed E-state index contributed by atoms with van der Waals surface area (Å²) in [4.78, 5) is 32.8. The van der Waals surface area contributed by atoms with Crippen molar-refractivity contribution in [1.29, 1.82) is 0 Å². The summed E-state index contributed by atoms with van der Waals surface area (Å²) in [6, 6.07) is 5.54. The van der Waals surface area contributed by atoms with Gasteiger partial charge in [0.25, 0.3) is 5.56 Å². The summed E-state index contributed by atoms with van der Waals surface area (Å²) >= 11 is 6.33. The number of fused-ring (bicyclic) bond motifs is 1. The number of hydrogen-bond acceptors (Lipinski definition) is 4. The Morgan fingerprint density at radius 2 is 1.85 bits per heavy atom. The molecule has 0 unspecified atom stereocenters. The number of nitrogens with zero attached hydrogens (tertiary/aromatic N) is 3. The summed E-state index contributed by atoms with van der Waals surface area (Å²) < 4.78 is 34.9. The number of carbonyl (C=O) groups is 1. The number of benzene rings is 2.